The molecule has 0 heteroatoms. The molecule has 0 aliphatic heterocycles. The van der Waals surface area contributed by atoms with E-state index < -0.39 is 0 Å². The Hall–Kier alpha value is -0.260. The molecule has 0 spiro atoms. The molecule has 168 valence electrons. The van der Waals surface area contributed by atoms with Gasteiger partial charge in [0.25, 0.3) is 0 Å². The van der Waals surface area contributed by atoms with Crippen molar-refractivity contribution in [3.8, 4) is 0 Å². The van der Waals surface area contributed by atoms with Gasteiger partial charge in [-0.3, -0.25) is 0 Å². The second-order valence-corrected chi connectivity index (χ2v) is 9.12. The highest BCUT2D eigenvalue weighted by atomic mass is 14.0. The van der Waals surface area contributed by atoms with E-state index in [2.05, 4.69) is 26.0 Å². The molecule has 0 fully saturated rings. The number of allylic oxidation sites excluding steroid dienone is 2. The first-order valence-electron chi connectivity index (χ1n) is 13.6. The molecule has 0 N–H and O–H groups in total. The van der Waals surface area contributed by atoms with Gasteiger partial charge in [0.05, 0.1) is 0 Å². The fourth-order valence-electron chi connectivity index (χ4n) is 4.09. The van der Waals surface area contributed by atoms with Gasteiger partial charge >= 0.3 is 0 Å². The van der Waals surface area contributed by atoms with Crippen LogP contribution in [-0.4, -0.2) is 0 Å². The van der Waals surface area contributed by atoms with Crippen molar-refractivity contribution < 1.29 is 0 Å². The molecule has 0 aliphatic rings. The lowest BCUT2D eigenvalue weighted by Crippen LogP contribution is -1.84. The van der Waals surface area contributed by atoms with E-state index in [1.54, 1.807) is 0 Å². The van der Waals surface area contributed by atoms with Crippen LogP contribution in [0.4, 0.5) is 0 Å². The van der Waals surface area contributed by atoms with Crippen LogP contribution in [0.1, 0.15) is 168 Å². The van der Waals surface area contributed by atoms with E-state index in [4.69, 9.17) is 0 Å². The molecule has 0 nitrogen and oxygen atoms in total. The highest BCUT2D eigenvalue weighted by Crippen LogP contribution is 2.14. The van der Waals surface area contributed by atoms with Crippen molar-refractivity contribution in [3.05, 3.63) is 12.2 Å². The smallest absolute Gasteiger partial charge is 0.0351 e. The second-order valence-electron chi connectivity index (χ2n) is 9.12. The third kappa shape index (κ3) is 25.7. The van der Waals surface area contributed by atoms with E-state index in [-0.39, 0.29) is 0 Å². The lowest BCUT2D eigenvalue weighted by molar-refractivity contribution is 0.525. The van der Waals surface area contributed by atoms with Gasteiger partial charge < -0.3 is 0 Å². The predicted molar refractivity (Wildman–Crippen MR) is 131 cm³/mol. The summed E-state index contributed by atoms with van der Waals surface area (Å²) in [5.41, 5.74) is 0. The van der Waals surface area contributed by atoms with Crippen LogP contribution in [0, 0.1) is 0 Å². The van der Waals surface area contributed by atoms with Crippen molar-refractivity contribution in [3.63, 3.8) is 0 Å². The molecule has 0 amide bonds. The summed E-state index contributed by atoms with van der Waals surface area (Å²) in [4.78, 5) is 0. The van der Waals surface area contributed by atoms with Crippen LogP contribution in [0.2, 0.25) is 0 Å². The van der Waals surface area contributed by atoms with Gasteiger partial charge in [-0.1, -0.05) is 154 Å². The summed E-state index contributed by atoms with van der Waals surface area (Å²) in [5, 5.41) is 0. The van der Waals surface area contributed by atoms with Crippen LogP contribution in [0.15, 0.2) is 12.2 Å². The van der Waals surface area contributed by atoms with E-state index in [1.165, 1.54) is 154 Å². The van der Waals surface area contributed by atoms with Crippen LogP contribution in [0.5, 0.6) is 0 Å². The van der Waals surface area contributed by atoms with Gasteiger partial charge in [0, 0.05) is 0 Å². The van der Waals surface area contributed by atoms with Gasteiger partial charge in [0.2, 0.25) is 0 Å². The largest absolute Gasteiger partial charge is 0.0885 e. The topological polar surface area (TPSA) is 0 Å². The standard InChI is InChI=1S/C28H56/c1-3-5-7-9-11-13-15-17-19-21-23-25-27-28-26-24-22-20-18-16-14-12-10-8-6-4-2/h13,15H,3-12,14,16-28H2,1-2H3/b15-13-. The van der Waals surface area contributed by atoms with E-state index in [0.29, 0.717) is 0 Å². The Labute approximate surface area is 180 Å². The Morgan fingerprint density at radius 2 is 0.500 bits per heavy atom. The molecule has 0 unspecified atom stereocenters. The second kappa shape index (κ2) is 26.7. The van der Waals surface area contributed by atoms with Crippen molar-refractivity contribution in [2.45, 2.75) is 168 Å². The van der Waals surface area contributed by atoms with Crippen LogP contribution in [0.3, 0.4) is 0 Å². The quantitative estimate of drug-likeness (QED) is 0.113. The molecule has 0 saturated heterocycles. The average molecular weight is 393 g/mol. The van der Waals surface area contributed by atoms with Crippen LogP contribution in [-0.2, 0) is 0 Å². The molecule has 0 aliphatic carbocycles. The fourth-order valence-corrected chi connectivity index (χ4v) is 4.09. The van der Waals surface area contributed by atoms with Crippen molar-refractivity contribution in [2.75, 3.05) is 0 Å². The zero-order chi connectivity index (χ0) is 20.4. The van der Waals surface area contributed by atoms with E-state index >= 15 is 0 Å². The summed E-state index contributed by atoms with van der Waals surface area (Å²) in [5.74, 6) is 0. The molecule has 0 aromatic rings. The SMILES string of the molecule is CCCCCC/C=C\CCCCCCCCCCCCCCCCCCCC. The number of rotatable bonds is 24. The van der Waals surface area contributed by atoms with E-state index in [9.17, 15) is 0 Å². The summed E-state index contributed by atoms with van der Waals surface area (Å²) >= 11 is 0. The first-order chi connectivity index (χ1) is 13.9. The van der Waals surface area contributed by atoms with Crippen LogP contribution >= 0.6 is 0 Å². The molecular formula is C28H56. The minimum atomic E-state index is 1.30. The molecular weight excluding hydrogens is 336 g/mol. The Bertz CT molecular complexity index is 278. The molecule has 0 saturated carbocycles. The van der Waals surface area contributed by atoms with Crippen LogP contribution in [0.25, 0.3) is 0 Å². The van der Waals surface area contributed by atoms with Gasteiger partial charge in [-0.25, -0.2) is 0 Å². The average Bonchev–Trinajstić information content (AvgIpc) is 2.71. The molecule has 0 radical (unpaired) electrons. The fraction of sp³-hybridized carbons (Fsp3) is 0.929. The lowest BCUT2D eigenvalue weighted by atomic mass is 10.0. The maximum atomic E-state index is 2.43. The summed E-state index contributed by atoms with van der Waals surface area (Å²) < 4.78 is 0. The predicted octanol–water partition coefficient (Wildman–Crippen LogP) is 10.9. The lowest BCUT2D eigenvalue weighted by Gasteiger charge is -2.03. The third-order valence-electron chi connectivity index (χ3n) is 6.12. The van der Waals surface area contributed by atoms with Gasteiger partial charge in [-0.05, 0) is 25.7 Å². The van der Waals surface area contributed by atoms with Gasteiger partial charge in [-0.2, -0.15) is 0 Å². The van der Waals surface area contributed by atoms with Crippen molar-refractivity contribution >= 4 is 0 Å². The van der Waals surface area contributed by atoms with Crippen LogP contribution < -0.4 is 0 Å². The molecule has 0 aromatic heterocycles. The molecule has 0 atom stereocenters. The summed E-state index contributed by atoms with van der Waals surface area (Å²) in [7, 11) is 0. The molecule has 0 aromatic carbocycles. The number of hydrogen-bond acceptors (Lipinski definition) is 0. The Kier molecular flexibility index (Phi) is 26.5. The summed E-state index contributed by atoms with van der Waals surface area (Å²) in [6.07, 6.45) is 39.4. The maximum Gasteiger partial charge on any atom is -0.0351 e. The summed E-state index contributed by atoms with van der Waals surface area (Å²) in [6.45, 7) is 4.59. The highest BCUT2D eigenvalue weighted by molar-refractivity contribution is 4.81. The van der Waals surface area contributed by atoms with E-state index in [0.717, 1.165) is 0 Å². The first-order valence-corrected chi connectivity index (χ1v) is 13.6. The first kappa shape index (κ1) is 27.7. The summed E-state index contributed by atoms with van der Waals surface area (Å²) in [6, 6.07) is 0. The minimum Gasteiger partial charge on any atom is -0.0885 e. The number of hydrogen-bond donors (Lipinski definition) is 0. The number of unbranched alkanes of at least 4 members (excludes halogenated alkanes) is 22. The van der Waals surface area contributed by atoms with Gasteiger partial charge in [0.15, 0.2) is 0 Å². The molecule has 0 bridgehead atoms. The zero-order valence-corrected chi connectivity index (χ0v) is 20.1. The molecule has 28 heavy (non-hydrogen) atoms. The normalized spacial score (nSPS) is 11.6. The monoisotopic (exact) mass is 392 g/mol. The Morgan fingerprint density at radius 1 is 0.286 bits per heavy atom. The van der Waals surface area contributed by atoms with E-state index in [1.807, 2.05) is 0 Å². The van der Waals surface area contributed by atoms with Crippen molar-refractivity contribution in [2.24, 2.45) is 0 Å². The zero-order valence-electron chi connectivity index (χ0n) is 20.1. The van der Waals surface area contributed by atoms with Gasteiger partial charge in [0.1, 0.15) is 0 Å². The van der Waals surface area contributed by atoms with Crippen molar-refractivity contribution in [1.29, 1.82) is 0 Å². The molecule has 0 rings (SSSR count). The molecule has 0 heterocycles. The third-order valence-corrected chi connectivity index (χ3v) is 6.12. The van der Waals surface area contributed by atoms with Crippen molar-refractivity contribution in [1.82, 2.24) is 0 Å². The maximum absolute atomic E-state index is 2.43. The Morgan fingerprint density at radius 3 is 0.786 bits per heavy atom. The Balaban J connectivity index is 3.02. The highest BCUT2D eigenvalue weighted by Gasteiger charge is 1.95. The van der Waals surface area contributed by atoms with Gasteiger partial charge in [-0.15, -0.1) is 0 Å². The minimum absolute atomic E-state index is 1.30.